The molecule has 1 N–H and O–H groups in total. The molecule has 2 rings (SSSR count). The summed E-state index contributed by atoms with van der Waals surface area (Å²) in [4.78, 5) is 16.7. The summed E-state index contributed by atoms with van der Waals surface area (Å²) in [7, 11) is 0. The predicted octanol–water partition coefficient (Wildman–Crippen LogP) is 2.73. The molecule has 0 unspecified atom stereocenters. The Morgan fingerprint density at radius 3 is 3.00 bits per heavy atom. The van der Waals surface area contributed by atoms with Gasteiger partial charge in [0.1, 0.15) is 0 Å². The molecular formula is C11H11NO3S. The predicted molar refractivity (Wildman–Crippen MR) is 60.5 cm³/mol. The molecule has 0 amide bonds. The van der Waals surface area contributed by atoms with Gasteiger partial charge in [0.15, 0.2) is 11.7 Å². The van der Waals surface area contributed by atoms with E-state index in [4.69, 9.17) is 9.52 Å². The van der Waals surface area contributed by atoms with Gasteiger partial charge in [0, 0.05) is 11.3 Å². The maximum atomic E-state index is 10.4. The van der Waals surface area contributed by atoms with Gasteiger partial charge < -0.3 is 9.52 Å². The summed E-state index contributed by atoms with van der Waals surface area (Å²) in [6.45, 7) is 2.02. The highest BCUT2D eigenvalue weighted by Crippen LogP contribution is 2.28. The molecule has 0 bridgehead atoms. The summed E-state index contributed by atoms with van der Waals surface area (Å²) in [5.74, 6) is 0.341. The second kappa shape index (κ2) is 4.49. The van der Waals surface area contributed by atoms with Crippen molar-refractivity contribution in [3.63, 3.8) is 0 Å². The average molecular weight is 237 g/mol. The lowest BCUT2D eigenvalue weighted by atomic mass is 10.3. The van der Waals surface area contributed by atoms with Crippen LogP contribution in [0.3, 0.4) is 0 Å². The molecule has 2 aromatic heterocycles. The average Bonchev–Trinajstić information content (AvgIpc) is 2.83. The van der Waals surface area contributed by atoms with E-state index in [1.165, 1.54) is 4.88 Å². The SMILES string of the molecule is Cc1ccc(-c2cnc(CCC(=O)O)o2)s1. The van der Waals surface area contributed by atoms with Crippen molar-refractivity contribution >= 4 is 17.3 Å². The van der Waals surface area contributed by atoms with Crippen LogP contribution < -0.4 is 0 Å². The molecule has 0 saturated heterocycles. The maximum absolute atomic E-state index is 10.4. The van der Waals surface area contributed by atoms with Crippen molar-refractivity contribution < 1.29 is 14.3 Å². The van der Waals surface area contributed by atoms with Crippen LogP contribution in [0, 0.1) is 6.92 Å². The van der Waals surface area contributed by atoms with Crippen LogP contribution in [-0.4, -0.2) is 16.1 Å². The lowest BCUT2D eigenvalue weighted by Crippen LogP contribution is -1.97. The lowest BCUT2D eigenvalue weighted by Gasteiger charge is -1.91. The Morgan fingerprint density at radius 2 is 2.38 bits per heavy atom. The van der Waals surface area contributed by atoms with E-state index < -0.39 is 5.97 Å². The van der Waals surface area contributed by atoms with E-state index in [9.17, 15) is 4.79 Å². The van der Waals surface area contributed by atoms with Gasteiger partial charge in [-0.3, -0.25) is 4.79 Å². The van der Waals surface area contributed by atoms with E-state index >= 15 is 0 Å². The molecule has 16 heavy (non-hydrogen) atoms. The summed E-state index contributed by atoms with van der Waals surface area (Å²) in [5.41, 5.74) is 0. The van der Waals surface area contributed by atoms with Gasteiger partial charge in [-0.25, -0.2) is 4.98 Å². The number of hydrogen-bond donors (Lipinski definition) is 1. The minimum atomic E-state index is -0.841. The number of aryl methyl sites for hydroxylation is 2. The third-order valence-electron chi connectivity index (χ3n) is 2.09. The largest absolute Gasteiger partial charge is 0.481 e. The molecule has 2 aromatic rings. The summed E-state index contributed by atoms with van der Waals surface area (Å²) >= 11 is 1.63. The first-order valence-electron chi connectivity index (χ1n) is 4.88. The third kappa shape index (κ3) is 2.49. The molecule has 0 saturated carbocycles. The van der Waals surface area contributed by atoms with Crippen molar-refractivity contribution in [2.75, 3.05) is 0 Å². The van der Waals surface area contributed by atoms with Crippen molar-refractivity contribution in [2.24, 2.45) is 0 Å². The van der Waals surface area contributed by atoms with Crippen molar-refractivity contribution in [1.29, 1.82) is 0 Å². The number of carbonyl (C=O) groups is 1. The Hall–Kier alpha value is -1.62. The fourth-order valence-electron chi connectivity index (χ4n) is 1.32. The zero-order valence-electron chi connectivity index (χ0n) is 8.77. The Morgan fingerprint density at radius 1 is 1.56 bits per heavy atom. The molecule has 5 heteroatoms. The number of aromatic nitrogens is 1. The van der Waals surface area contributed by atoms with Crippen LogP contribution in [0.15, 0.2) is 22.7 Å². The Balaban J connectivity index is 2.10. The molecule has 0 aliphatic rings. The van der Waals surface area contributed by atoms with Gasteiger partial charge in [0.05, 0.1) is 17.5 Å². The van der Waals surface area contributed by atoms with E-state index in [-0.39, 0.29) is 6.42 Å². The number of aliphatic carboxylic acids is 1. The number of hydrogen-bond acceptors (Lipinski definition) is 4. The van der Waals surface area contributed by atoms with Gasteiger partial charge >= 0.3 is 5.97 Å². The number of oxazole rings is 1. The molecule has 0 aromatic carbocycles. The van der Waals surface area contributed by atoms with Crippen LogP contribution in [0.5, 0.6) is 0 Å². The maximum Gasteiger partial charge on any atom is 0.303 e. The van der Waals surface area contributed by atoms with Gasteiger partial charge in [-0.05, 0) is 19.1 Å². The van der Waals surface area contributed by atoms with Crippen molar-refractivity contribution in [1.82, 2.24) is 4.98 Å². The minimum absolute atomic E-state index is 0.0451. The fourth-order valence-corrected chi connectivity index (χ4v) is 2.13. The van der Waals surface area contributed by atoms with Gasteiger partial charge in [0.2, 0.25) is 0 Å². The standard InChI is InChI=1S/C11H11NO3S/c1-7-2-3-9(16-7)8-6-12-10(15-8)4-5-11(13)14/h2-3,6H,4-5H2,1H3,(H,13,14). The minimum Gasteiger partial charge on any atom is -0.481 e. The van der Waals surface area contributed by atoms with E-state index in [0.717, 1.165) is 4.88 Å². The molecule has 0 atom stereocenters. The smallest absolute Gasteiger partial charge is 0.303 e. The number of nitrogens with zero attached hydrogens (tertiary/aromatic N) is 1. The van der Waals surface area contributed by atoms with E-state index in [1.807, 2.05) is 19.1 Å². The first kappa shape index (κ1) is 10.9. The number of carboxylic acids is 1. The summed E-state index contributed by atoms with van der Waals surface area (Å²) in [5, 5.41) is 8.53. The summed E-state index contributed by atoms with van der Waals surface area (Å²) in [6.07, 6.45) is 2.02. The molecule has 0 aliphatic heterocycles. The quantitative estimate of drug-likeness (QED) is 0.888. The van der Waals surface area contributed by atoms with E-state index in [1.54, 1.807) is 17.5 Å². The van der Waals surface area contributed by atoms with Gasteiger partial charge in [-0.1, -0.05) is 0 Å². The van der Waals surface area contributed by atoms with Gasteiger partial charge in [-0.2, -0.15) is 0 Å². The first-order valence-corrected chi connectivity index (χ1v) is 5.70. The van der Waals surface area contributed by atoms with Crippen LogP contribution in [0.25, 0.3) is 10.6 Å². The van der Waals surface area contributed by atoms with Crippen molar-refractivity contribution in [3.05, 3.63) is 29.1 Å². The highest BCUT2D eigenvalue weighted by molar-refractivity contribution is 7.15. The Kier molecular flexibility index (Phi) is 3.05. The van der Waals surface area contributed by atoms with Crippen LogP contribution in [-0.2, 0) is 11.2 Å². The van der Waals surface area contributed by atoms with Gasteiger partial charge in [-0.15, -0.1) is 11.3 Å². The van der Waals surface area contributed by atoms with Crippen molar-refractivity contribution in [2.45, 2.75) is 19.8 Å². The zero-order valence-corrected chi connectivity index (χ0v) is 9.58. The molecule has 2 heterocycles. The Bertz CT molecular complexity index is 501. The molecule has 0 aliphatic carbocycles. The molecule has 0 radical (unpaired) electrons. The normalized spacial score (nSPS) is 10.6. The Labute approximate surface area is 96.6 Å². The van der Waals surface area contributed by atoms with Crippen LogP contribution >= 0.6 is 11.3 Å². The lowest BCUT2D eigenvalue weighted by molar-refractivity contribution is -0.137. The second-order valence-corrected chi connectivity index (χ2v) is 4.71. The number of rotatable bonds is 4. The van der Waals surface area contributed by atoms with E-state index in [2.05, 4.69) is 4.98 Å². The number of thiophene rings is 1. The zero-order chi connectivity index (χ0) is 11.5. The first-order chi connectivity index (χ1) is 7.65. The molecule has 0 fully saturated rings. The highest BCUT2D eigenvalue weighted by Gasteiger charge is 2.09. The summed E-state index contributed by atoms with van der Waals surface area (Å²) in [6, 6.07) is 3.99. The molecular weight excluding hydrogens is 226 g/mol. The summed E-state index contributed by atoms with van der Waals surface area (Å²) < 4.78 is 5.47. The molecule has 0 spiro atoms. The van der Waals surface area contributed by atoms with Crippen LogP contribution in [0.1, 0.15) is 17.2 Å². The number of carboxylic acid groups (broad SMARTS) is 1. The second-order valence-electron chi connectivity index (χ2n) is 3.42. The molecule has 84 valence electrons. The third-order valence-corrected chi connectivity index (χ3v) is 3.10. The van der Waals surface area contributed by atoms with Gasteiger partial charge in [0.25, 0.3) is 0 Å². The fraction of sp³-hybridized carbons (Fsp3) is 0.273. The molecule has 4 nitrogen and oxygen atoms in total. The van der Waals surface area contributed by atoms with Crippen LogP contribution in [0.4, 0.5) is 0 Å². The topological polar surface area (TPSA) is 63.3 Å². The van der Waals surface area contributed by atoms with Crippen LogP contribution in [0.2, 0.25) is 0 Å². The van der Waals surface area contributed by atoms with Crippen molar-refractivity contribution in [3.8, 4) is 10.6 Å². The highest BCUT2D eigenvalue weighted by atomic mass is 32.1. The monoisotopic (exact) mass is 237 g/mol. The van der Waals surface area contributed by atoms with E-state index in [0.29, 0.717) is 18.1 Å².